The predicted molar refractivity (Wildman–Crippen MR) is 90.8 cm³/mol. The normalized spacial score (nSPS) is 9.79. The molecule has 0 saturated heterocycles. The SMILES string of the molecule is N#CCC(=O)NCCc1ccccc1OCCOc1ccccc1. The van der Waals surface area contributed by atoms with Gasteiger partial charge in [-0.2, -0.15) is 5.26 Å². The number of rotatable bonds is 9. The average Bonchev–Trinajstić information content (AvgIpc) is 2.61. The first kappa shape index (κ1) is 17.4. The minimum absolute atomic E-state index is 0.116. The maximum atomic E-state index is 11.3. The first-order valence-electron chi connectivity index (χ1n) is 7.82. The number of hydrogen-bond acceptors (Lipinski definition) is 4. The van der Waals surface area contributed by atoms with Crippen LogP contribution in [-0.4, -0.2) is 25.7 Å². The summed E-state index contributed by atoms with van der Waals surface area (Å²) >= 11 is 0. The highest BCUT2D eigenvalue weighted by Gasteiger charge is 2.05. The Morgan fingerprint density at radius 3 is 2.50 bits per heavy atom. The van der Waals surface area contributed by atoms with E-state index >= 15 is 0 Å². The van der Waals surface area contributed by atoms with Crippen LogP contribution in [0, 0.1) is 11.3 Å². The van der Waals surface area contributed by atoms with Crippen LogP contribution in [0.15, 0.2) is 54.6 Å². The first-order valence-corrected chi connectivity index (χ1v) is 7.82. The summed E-state index contributed by atoms with van der Waals surface area (Å²) in [6, 6.07) is 19.1. The van der Waals surface area contributed by atoms with Gasteiger partial charge in [-0.05, 0) is 30.2 Å². The van der Waals surface area contributed by atoms with Gasteiger partial charge in [-0.15, -0.1) is 0 Å². The van der Waals surface area contributed by atoms with Crippen LogP contribution < -0.4 is 14.8 Å². The number of para-hydroxylation sites is 2. The van der Waals surface area contributed by atoms with Crippen LogP contribution in [0.3, 0.4) is 0 Å². The van der Waals surface area contributed by atoms with Gasteiger partial charge in [0, 0.05) is 6.54 Å². The lowest BCUT2D eigenvalue weighted by atomic mass is 10.1. The number of amides is 1. The molecule has 0 saturated carbocycles. The van der Waals surface area contributed by atoms with E-state index in [0.29, 0.717) is 26.2 Å². The number of hydrogen-bond donors (Lipinski definition) is 1. The lowest BCUT2D eigenvalue weighted by molar-refractivity contribution is -0.120. The molecule has 0 aliphatic heterocycles. The van der Waals surface area contributed by atoms with E-state index in [0.717, 1.165) is 17.1 Å². The molecule has 0 spiro atoms. The molecule has 0 unspecified atom stereocenters. The van der Waals surface area contributed by atoms with Crippen LogP contribution in [-0.2, 0) is 11.2 Å². The lowest BCUT2D eigenvalue weighted by Gasteiger charge is -2.12. The van der Waals surface area contributed by atoms with Gasteiger partial charge in [-0.1, -0.05) is 36.4 Å². The quantitative estimate of drug-likeness (QED) is 0.720. The van der Waals surface area contributed by atoms with Gasteiger partial charge in [-0.3, -0.25) is 4.79 Å². The smallest absolute Gasteiger partial charge is 0.234 e. The second-order valence-corrected chi connectivity index (χ2v) is 5.05. The van der Waals surface area contributed by atoms with Crippen LogP contribution in [0.1, 0.15) is 12.0 Å². The summed E-state index contributed by atoms with van der Waals surface area (Å²) in [6.45, 7) is 1.37. The Kier molecular flexibility index (Phi) is 7.16. The molecule has 5 nitrogen and oxygen atoms in total. The third kappa shape index (κ3) is 6.01. The summed E-state index contributed by atoms with van der Waals surface area (Å²) in [5.74, 6) is 1.34. The van der Waals surface area contributed by atoms with Crippen LogP contribution in [0.25, 0.3) is 0 Å². The maximum absolute atomic E-state index is 11.3. The molecule has 0 bridgehead atoms. The highest BCUT2D eigenvalue weighted by atomic mass is 16.5. The Hall–Kier alpha value is -3.00. The second-order valence-electron chi connectivity index (χ2n) is 5.05. The summed E-state index contributed by atoms with van der Waals surface area (Å²) in [5.41, 5.74) is 1.01. The van der Waals surface area contributed by atoms with Crippen molar-refractivity contribution in [2.75, 3.05) is 19.8 Å². The van der Waals surface area contributed by atoms with Gasteiger partial charge in [0.1, 0.15) is 31.1 Å². The van der Waals surface area contributed by atoms with E-state index in [1.807, 2.05) is 60.7 Å². The van der Waals surface area contributed by atoms with Crippen molar-refractivity contribution in [1.29, 1.82) is 5.26 Å². The topological polar surface area (TPSA) is 71.4 Å². The van der Waals surface area contributed by atoms with Crippen LogP contribution in [0.4, 0.5) is 0 Å². The molecule has 24 heavy (non-hydrogen) atoms. The number of carbonyl (C=O) groups excluding carboxylic acids is 1. The van der Waals surface area contributed by atoms with Crippen molar-refractivity contribution in [1.82, 2.24) is 5.32 Å². The van der Waals surface area contributed by atoms with Crippen molar-refractivity contribution >= 4 is 5.91 Å². The second kappa shape index (κ2) is 9.90. The van der Waals surface area contributed by atoms with E-state index in [2.05, 4.69) is 5.32 Å². The zero-order valence-corrected chi connectivity index (χ0v) is 13.4. The number of nitriles is 1. The van der Waals surface area contributed by atoms with Gasteiger partial charge >= 0.3 is 0 Å². The minimum Gasteiger partial charge on any atom is -0.490 e. The minimum atomic E-state index is -0.257. The number of ether oxygens (including phenoxy) is 2. The number of nitrogens with one attached hydrogen (secondary N) is 1. The molecule has 5 heteroatoms. The van der Waals surface area contributed by atoms with Crippen molar-refractivity contribution in [3.8, 4) is 17.6 Å². The van der Waals surface area contributed by atoms with Crippen LogP contribution in [0.5, 0.6) is 11.5 Å². The van der Waals surface area contributed by atoms with Crippen LogP contribution in [0.2, 0.25) is 0 Å². The van der Waals surface area contributed by atoms with Gasteiger partial charge in [0.15, 0.2) is 0 Å². The molecule has 0 heterocycles. The summed E-state index contributed by atoms with van der Waals surface area (Å²) in [5, 5.41) is 11.2. The summed E-state index contributed by atoms with van der Waals surface area (Å²) in [7, 11) is 0. The molecule has 0 aromatic heterocycles. The molecule has 0 aliphatic rings. The largest absolute Gasteiger partial charge is 0.490 e. The van der Waals surface area contributed by atoms with E-state index in [1.165, 1.54) is 0 Å². The summed E-state index contributed by atoms with van der Waals surface area (Å²) in [6.07, 6.45) is 0.530. The Balaban J connectivity index is 1.76. The number of carbonyl (C=O) groups is 1. The molecular formula is C19H20N2O3. The molecule has 1 N–H and O–H groups in total. The monoisotopic (exact) mass is 324 g/mol. The Labute approximate surface area is 141 Å². The van der Waals surface area contributed by atoms with Crippen molar-refractivity contribution in [2.24, 2.45) is 0 Å². The van der Waals surface area contributed by atoms with Gasteiger partial charge in [0.25, 0.3) is 0 Å². The predicted octanol–water partition coefficient (Wildman–Crippen LogP) is 2.72. The zero-order valence-electron chi connectivity index (χ0n) is 13.4. The van der Waals surface area contributed by atoms with E-state index in [9.17, 15) is 4.79 Å². The fraction of sp³-hybridized carbons (Fsp3) is 0.263. The van der Waals surface area contributed by atoms with Crippen molar-refractivity contribution in [3.63, 3.8) is 0 Å². The Morgan fingerprint density at radius 1 is 1.00 bits per heavy atom. The molecule has 0 radical (unpaired) electrons. The highest BCUT2D eigenvalue weighted by Crippen LogP contribution is 2.18. The Bertz CT molecular complexity index is 681. The third-order valence-corrected chi connectivity index (χ3v) is 3.28. The van der Waals surface area contributed by atoms with Crippen molar-refractivity contribution in [2.45, 2.75) is 12.8 Å². The van der Waals surface area contributed by atoms with Gasteiger partial charge in [0.05, 0.1) is 6.07 Å². The van der Waals surface area contributed by atoms with Crippen molar-refractivity contribution < 1.29 is 14.3 Å². The molecule has 2 rings (SSSR count). The van der Waals surface area contributed by atoms with E-state index in [-0.39, 0.29) is 12.3 Å². The molecule has 124 valence electrons. The van der Waals surface area contributed by atoms with E-state index < -0.39 is 0 Å². The van der Waals surface area contributed by atoms with Gasteiger partial charge in [0.2, 0.25) is 5.91 Å². The van der Waals surface area contributed by atoms with Gasteiger partial charge in [-0.25, -0.2) is 0 Å². The molecule has 2 aromatic rings. The van der Waals surface area contributed by atoms with Gasteiger partial charge < -0.3 is 14.8 Å². The van der Waals surface area contributed by atoms with E-state index in [4.69, 9.17) is 14.7 Å². The molecule has 2 aromatic carbocycles. The maximum Gasteiger partial charge on any atom is 0.234 e. The standard InChI is InChI=1S/C19H20N2O3/c20-12-10-19(22)21-13-11-16-6-4-5-9-18(16)24-15-14-23-17-7-2-1-3-8-17/h1-9H,10-11,13-15H2,(H,21,22). The molecule has 0 atom stereocenters. The fourth-order valence-corrected chi connectivity index (χ4v) is 2.15. The lowest BCUT2D eigenvalue weighted by Crippen LogP contribution is -2.25. The molecule has 0 aliphatic carbocycles. The van der Waals surface area contributed by atoms with E-state index in [1.54, 1.807) is 0 Å². The number of nitrogens with zero attached hydrogens (tertiary/aromatic N) is 1. The average molecular weight is 324 g/mol. The Morgan fingerprint density at radius 2 is 1.71 bits per heavy atom. The highest BCUT2D eigenvalue weighted by molar-refractivity contribution is 5.77. The third-order valence-electron chi connectivity index (χ3n) is 3.28. The van der Waals surface area contributed by atoms with Crippen molar-refractivity contribution in [3.05, 3.63) is 60.2 Å². The first-order chi connectivity index (χ1) is 11.8. The summed E-state index contributed by atoms with van der Waals surface area (Å²) in [4.78, 5) is 11.3. The molecular weight excluding hydrogens is 304 g/mol. The number of benzene rings is 2. The van der Waals surface area contributed by atoms with Crippen LogP contribution >= 0.6 is 0 Å². The summed E-state index contributed by atoms with van der Waals surface area (Å²) < 4.78 is 11.4. The fourth-order valence-electron chi connectivity index (χ4n) is 2.15. The molecule has 0 fully saturated rings. The molecule has 1 amide bonds. The zero-order chi connectivity index (χ0) is 17.0.